The van der Waals surface area contributed by atoms with Crippen molar-refractivity contribution in [1.82, 2.24) is 9.88 Å². The highest BCUT2D eigenvalue weighted by molar-refractivity contribution is 6.30. The Labute approximate surface area is 166 Å². The van der Waals surface area contributed by atoms with Crippen molar-refractivity contribution < 1.29 is 18.3 Å². The van der Waals surface area contributed by atoms with Crippen LogP contribution in [0.2, 0.25) is 5.02 Å². The molecule has 0 saturated carbocycles. The maximum absolute atomic E-state index is 13.8. The van der Waals surface area contributed by atoms with Crippen molar-refractivity contribution in [3.63, 3.8) is 0 Å². The number of aromatic nitrogens is 1. The van der Waals surface area contributed by atoms with Crippen LogP contribution in [0.1, 0.15) is 17.3 Å². The van der Waals surface area contributed by atoms with E-state index in [2.05, 4.69) is 4.98 Å². The molecule has 0 aliphatic carbocycles. The number of hydrogen-bond donors (Lipinski definition) is 0. The fourth-order valence-corrected chi connectivity index (χ4v) is 2.94. The van der Waals surface area contributed by atoms with Crippen molar-refractivity contribution in [3.05, 3.63) is 94.8 Å². The van der Waals surface area contributed by atoms with E-state index in [1.54, 1.807) is 43.6 Å². The second-order valence-corrected chi connectivity index (χ2v) is 6.49. The summed E-state index contributed by atoms with van der Waals surface area (Å²) < 4.78 is 32.4. The smallest absolute Gasteiger partial charge is 0.261 e. The molecule has 3 rings (SSSR count). The first-order valence-corrected chi connectivity index (χ1v) is 8.83. The van der Waals surface area contributed by atoms with Crippen LogP contribution in [0, 0.1) is 11.6 Å². The largest absolute Gasteiger partial charge is 0.484 e. The van der Waals surface area contributed by atoms with E-state index in [1.165, 1.54) is 29.2 Å². The number of halogens is 3. The van der Waals surface area contributed by atoms with Crippen LogP contribution in [0.4, 0.5) is 8.78 Å². The Balaban J connectivity index is 1.81. The third-order valence-electron chi connectivity index (χ3n) is 4.17. The van der Waals surface area contributed by atoms with Crippen LogP contribution in [0.3, 0.4) is 0 Å². The van der Waals surface area contributed by atoms with E-state index in [0.717, 1.165) is 6.07 Å². The first-order chi connectivity index (χ1) is 13.5. The van der Waals surface area contributed by atoms with Gasteiger partial charge < -0.3 is 9.64 Å². The first kappa shape index (κ1) is 19.8. The Kier molecular flexibility index (Phi) is 6.21. The molecule has 1 aromatic heterocycles. The van der Waals surface area contributed by atoms with E-state index in [0.29, 0.717) is 11.3 Å². The van der Waals surface area contributed by atoms with Crippen LogP contribution in [0.15, 0.2) is 66.9 Å². The molecular formula is C21H17ClF2N2O2. The molecule has 7 heteroatoms. The molecule has 0 aliphatic heterocycles. The van der Waals surface area contributed by atoms with Gasteiger partial charge in [-0.25, -0.2) is 8.78 Å². The van der Waals surface area contributed by atoms with Gasteiger partial charge in [0, 0.05) is 19.3 Å². The van der Waals surface area contributed by atoms with Crippen molar-refractivity contribution in [2.45, 2.75) is 6.04 Å². The van der Waals surface area contributed by atoms with Crippen LogP contribution < -0.4 is 4.74 Å². The van der Waals surface area contributed by atoms with E-state index in [4.69, 9.17) is 16.3 Å². The quantitative estimate of drug-likeness (QED) is 0.603. The van der Waals surface area contributed by atoms with Crippen molar-refractivity contribution in [3.8, 4) is 5.75 Å². The van der Waals surface area contributed by atoms with Crippen LogP contribution in [0.5, 0.6) is 5.75 Å². The molecule has 0 spiro atoms. The van der Waals surface area contributed by atoms with E-state index < -0.39 is 17.7 Å². The zero-order chi connectivity index (χ0) is 20.1. The van der Waals surface area contributed by atoms with Crippen LogP contribution in [-0.2, 0) is 4.79 Å². The average Bonchev–Trinajstić information content (AvgIpc) is 2.69. The van der Waals surface area contributed by atoms with E-state index >= 15 is 0 Å². The van der Waals surface area contributed by atoms with Crippen molar-refractivity contribution >= 4 is 17.5 Å². The van der Waals surface area contributed by atoms with Gasteiger partial charge in [-0.15, -0.1) is 0 Å². The molecule has 0 fully saturated rings. The fraction of sp³-hybridized carbons (Fsp3) is 0.143. The second kappa shape index (κ2) is 8.80. The number of benzene rings is 2. The third-order valence-corrected chi connectivity index (χ3v) is 4.46. The predicted octanol–water partition coefficient (Wildman–Crippen LogP) is 4.64. The van der Waals surface area contributed by atoms with E-state index in [1.807, 2.05) is 0 Å². The Hall–Kier alpha value is -2.99. The summed E-state index contributed by atoms with van der Waals surface area (Å²) in [6.07, 6.45) is 1.61. The van der Waals surface area contributed by atoms with Gasteiger partial charge in [-0.2, -0.15) is 0 Å². The van der Waals surface area contributed by atoms with Gasteiger partial charge in [0.1, 0.15) is 17.4 Å². The van der Waals surface area contributed by atoms with Gasteiger partial charge in [-0.1, -0.05) is 29.8 Å². The normalized spacial score (nSPS) is 11.7. The van der Waals surface area contributed by atoms with Gasteiger partial charge in [0.25, 0.3) is 5.91 Å². The molecule has 3 aromatic rings. The first-order valence-electron chi connectivity index (χ1n) is 8.45. The number of pyridine rings is 1. The summed E-state index contributed by atoms with van der Waals surface area (Å²) in [7, 11) is 1.59. The van der Waals surface area contributed by atoms with Crippen molar-refractivity contribution in [2.24, 2.45) is 0 Å². The van der Waals surface area contributed by atoms with Gasteiger partial charge in [0.2, 0.25) is 0 Å². The molecule has 0 aliphatic rings. The van der Waals surface area contributed by atoms with E-state index in [9.17, 15) is 13.6 Å². The standard InChI is InChI=1S/C21H17ClF2N2O2/c1-26(20(27)13-28-16-8-9-18(24)17(22)12-16)21(19-7-2-3-10-25-19)14-5-4-6-15(23)11-14/h2-12,21H,13H2,1H3. The van der Waals surface area contributed by atoms with Crippen LogP contribution >= 0.6 is 11.6 Å². The van der Waals surface area contributed by atoms with Gasteiger partial charge in [-0.3, -0.25) is 9.78 Å². The lowest BCUT2D eigenvalue weighted by Crippen LogP contribution is -2.36. The molecule has 1 heterocycles. The SMILES string of the molecule is CN(C(=O)COc1ccc(F)c(Cl)c1)C(c1cccc(F)c1)c1ccccn1. The highest BCUT2D eigenvalue weighted by Gasteiger charge is 2.25. The van der Waals surface area contributed by atoms with Crippen LogP contribution in [0.25, 0.3) is 0 Å². The minimum atomic E-state index is -0.593. The van der Waals surface area contributed by atoms with Crippen molar-refractivity contribution in [2.75, 3.05) is 13.7 Å². The summed E-state index contributed by atoms with van der Waals surface area (Å²) in [5.74, 6) is -1.07. The van der Waals surface area contributed by atoms with Gasteiger partial charge >= 0.3 is 0 Å². The average molecular weight is 403 g/mol. The predicted molar refractivity (Wildman–Crippen MR) is 102 cm³/mol. The highest BCUT2D eigenvalue weighted by atomic mass is 35.5. The van der Waals surface area contributed by atoms with Gasteiger partial charge in [-0.05, 0) is 42.0 Å². The summed E-state index contributed by atoms with van der Waals surface area (Å²) in [6, 6.07) is 14.6. The van der Waals surface area contributed by atoms with Gasteiger partial charge in [0.05, 0.1) is 16.8 Å². The maximum Gasteiger partial charge on any atom is 0.261 e. The minimum absolute atomic E-state index is 0.0931. The minimum Gasteiger partial charge on any atom is -0.484 e. The zero-order valence-corrected chi connectivity index (χ0v) is 15.7. The lowest BCUT2D eigenvalue weighted by molar-refractivity contribution is -0.133. The molecule has 1 amide bonds. The maximum atomic E-state index is 13.8. The van der Waals surface area contributed by atoms with Crippen LogP contribution in [-0.4, -0.2) is 29.4 Å². The molecule has 1 atom stereocenters. The lowest BCUT2D eigenvalue weighted by Gasteiger charge is -2.28. The molecule has 0 bridgehead atoms. The summed E-state index contributed by atoms with van der Waals surface area (Å²) in [5, 5.41) is -0.0931. The zero-order valence-electron chi connectivity index (χ0n) is 15.0. The third kappa shape index (κ3) is 4.64. The number of likely N-dealkylation sites (N-methyl/N-ethyl adjacent to an activating group) is 1. The number of amides is 1. The number of rotatable bonds is 6. The highest BCUT2D eigenvalue weighted by Crippen LogP contribution is 2.27. The number of hydrogen-bond acceptors (Lipinski definition) is 3. The summed E-state index contributed by atoms with van der Waals surface area (Å²) in [6.45, 7) is -0.295. The molecule has 0 N–H and O–H groups in total. The van der Waals surface area contributed by atoms with E-state index in [-0.39, 0.29) is 23.3 Å². The Morgan fingerprint density at radius 2 is 1.96 bits per heavy atom. The summed E-state index contributed by atoms with van der Waals surface area (Å²) in [5.41, 5.74) is 1.17. The molecular weight excluding hydrogens is 386 g/mol. The lowest BCUT2D eigenvalue weighted by atomic mass is 10.0. The molecule has 0 radical (unpaired) electrons. The molecule has 0 saturated heterocycles. The number of ether oxygens (including phenoxy) is 1. The number of carbonyl (C=O) groups is 1. The number of nitrogens with zero attached hydrogens (tertiary/aromatic N) is 2. The monoisotopic (exact) mass is 402 g/mol. The topological polar surface area (TPSA) is 42.4 Å². The number of carbonyl (C=O) groups excluding carboxylic acids is 1. The van der Waals surface area contributed by atoms with Gasteiger partial charge in [0.15, 0.2) is 6.61 Å². The Morgan fingerprint density at radius 1 is 1.14 bits per heavy atom. The molecule has 2 aromatic carbocycles. The summed E-state index contributed by atoms with van der Waals surface area (Å²) in [4.78, 5) is 18.5. The fourth-order valence-electron chi connectivity index (χ4n) is 2.76. The Morgan fingerprint density at radius 3 is 2.64 bits per heavy atom. The van der Waals surface area contributed by atoms with Crippen molar-refractivity contribution in [1.29, 1.82) is 0 Å². The molecule has 28 heavy (non-hydrogen) atoms. The molecule has 4 nitrogen and oxygen atoms in total. The second-order valence-electron chi connectivity index (χ2n) is 6.08. The Bertz CT molecular complexity index is 970. The molecule has 144 valence electrons. The summed E-state index contributed by atoms with van der Waals surface area (Å²) >= 11 is 5.72. The molecule has 1 unspecified atom stereocenters.